The van der Waals surface area contributed by atoms with Crippen LogP contribution in [0, 0.1) is 0 Å². The van der Waals surface area contributed by atoms with Crippen molar-refractivity contribution in [3.63, 3.8) is 0 Å². The molecule has 2 heterocycles. The Hall–Kier alpha value is 0.0600. The molecule has 2 atom stereocenters. The SMILES string of the molecule is CCNc1nc(C2SCCSC2C)nc(C2CC2)c1Br. The first-order valence-corrected chi connectivity index (χ1v) is 10.1. The highest BCUT2D eigenvalue weighted by Gasteiger charge is 2.32. The van der Waals surface area contributed by atoms with Crippen LogP contribution in [0.15, 0.2) is 4.47 Å². The molecule has 1 aliphatic carbocycles. The van der Waals surface area contributed by atoms with Gasteiger partial charge in [0.1, 0.15) is 11.6 Å². The molecule has 20 heavy (non-hydrogen) atoms. The largest absolute Gasteiger partial charge is 0.369 e. The van der Waals surface area contributed by atoms with Crippen molar-refractivity contribution in [1.82, 2.24) is 9.97 Å². The minimum Gasteiger partial charge on any atom is -0.369 e. The minimum atomic E-state index is 0.428. The maximum Gasteiger partial charge on any atom is 0.145 e. The van der Waals surface area contributed by atoms with E-state index in [2.05, 4.69) is 35.1 Å². The maximum absolute atomic E-state index is 4.92. The van der Waals surface area contributed by atoms with Crippen molar-refractivity contribution < 1.29 is 0 Å². The van der Waals surface area contributed by atoms with E-state index in [1.807, 2.05) is 23.5 Å². The van der Waals surface area contributed by atoms with Crippen LogP contribution in [0.2, 0.25) is 0 Å². The lowest BCUT2D eigenvalue weighted by Gasteiger charge is -2.27. The Morgan fingerprint density at radius 2 is 2.00 bits per heavy atom. The summed E-state index contributed by atoms with van der Waals surface area (Å²) in [4.78, 5) is 9.72. The van der Waals surface area contributed by atoms with Crippen LogP contribution >= 0.6 is 39.5 Å². The average molecular weight is 374 g/mol. The molecule has 1 aliphatic heterocycles. The first kappa shape index (κ1) is 15.0. The molecule has 1 aromatic heterocycles. The van der Waals surface area contributed by atoms with Gasteiger partial charge in [-0.2, -0.15) is 11.8 Å². The Morgan fingerprint density at radius 3 is 2.65 bits per heavy atom. The molecule has 0 aromatic carbocycles. The van der Waals surface area contributed by atoms with E-state index in [9.17, 15) is 0 Å². The van der Waals surface area contributed by atoms with Gasteiger partial charge >= 0.3 is 0 Å². The first-order chi connectivity index (χ1) is 9.70. The van der Waals surface area contributed by atoms with Crippen molar-refractivity contribution in [3.05, 3.63) is 16.0 Å². The van der Waals surface area contributed by atoms with E-state index in [0.717, 1.165) is 22.7 Å². The van der Waals surface area contributed by atoms with Gasteiger partial charge in [-0.25, -0.2) is 9.97 Å². The molecule has 2 unspecified atom stereocenters. The summed E-state index contributed by atoms with van der Waals surface area (Å²) in [6, 6.07) is 0. The quantitative estimate of drug-likeness (QED) is 0.842. The van der Waals surface area contributed by atoms with Gasteiger partial charge in [-0.15, -0.1) is 11.8 Å². The molecule has 0 radical (unpaired) electrons. The summed E-state index contributed by atoms with van der Waals surface area (Å²) in [5.41, 5.74) is 1.22. The van der Waals surface area contributed by atoms with Crippen LogP contribution in [0.25, 0.3) is 0 Å². The van der Waals surface area contributed by atoms with E-state index in [1.54, 1.807) is 0 Å². The highest BCUT2D eigenvalue weighted by molar-refractivity contribution is 9.10. The van der Waals surface area contributed by atoms with Crippen molar-refractivity contribution in [1.29, 1.82) is 0 Å². The fourth-order valence-corrected chi connectivity index (χ4v) is 5.77. The first-order valence-electron chi connectivity index (χ1n) is 7.25. The monoisotopic (exact) mass is 373 g/mol. The van der Waals surface area contributed by atoms with E-state index >= 15 is 0 Å². The molecule has 1 N–H and O–H groups in total. The Kier molecular flexibility index (Phi) is 4.82. The molecule has 0 bridgehead atoms. The van der Waals surface area contributed by atoms with Crippen molar-refractivity contribution in [2.45, 2.75) is 43.1 Å². The molecule has 1 saturated carbocycles. The number of nitrogens with zero attached hydrogens (tertiary/aromatic N) is 2. The van der Waals surface area contributed by atoms with Gasteiger partial charge in [0.05, 0.1) is 15.4 Å². The average Bonchev–Trinajstić information content (AvgIpc) is 3.26. The normalized spacial score (nSPS) is 26.6. The van der Waals surface area contributed by atoms with E-state index in [-0.39, 0.29) is 0 Å². The van der Waals surface area contributed by atoms with Crippen molar-refractivity contribution in [2.75, 3.05) is 23.4 Å². The Labute approximate surface area is 137 Å². The molecule has 2 fully saturated rings. The summed E-state index contributed by atoms with van der Waals surface area (Å²) in [7, 11) is 0. The van der Waals surface area contributed by atoms with Gasteiger partial charge in [0, 0.05) is 29.2 Å². The van der Waals surface area contributed by atoms with Crippen LogP contribution in [0.4, 0.5) is 5.82 Å². The zero-order valence-corrected chi connectivity index (χ0v) is 15.1. The van der Waals surface area contributed by atoms with Crippen LogP contribution < -0.4 is 5.32 Å². The second-order valence-electron chi connectivity index (χ2n) is 5.30. The Bertz CT molecular complexity index is 494. The summed E-state index contributed by atoms with van der Waals surface area (Å²) in [6.45, 7) is 5.30. The van der Waals surface area contributed by atoms with Crippen LogP contribution in [0.5, 0.6) is 0 Å². The Morgan fingerprint density at radius 1 is 1.25 bits per heavy atom. The third-order valence-corrected chi connectivity index (χ3v) is 7.51. The molecule has 6 heteroatoms. The van der Waals surface area contributed by atoms with E-state index < -0.39 is 0 Å². The van der Waals surface area contributed by atoms with E-state index in [0.29, 0.717) is 16.4 Å². The maximum atomic E-state index is 4.92. The number of rotatable bonds is 4. The van der Waals surface area contributed by atoms with Crippen molar-refractivity contribution in [3.8, 4) is 0 Å². The number of hydrogen-bond acceptors (Lipinski definition) is 5. The van der Waals surface area contributed by atoms with E-state index in [4.69, 9.17) is 9.97 Å². The number of anilines is 1. The summed E-state index contributed by atoms with van der Waals surface area (Å²) in [5.74, 6) is 5.08. The number of halogens is 1. The lowest BCUT2D eigenvalue weighted by atomic mass is 10.2. The molecule has 110 valence electrons. The number of aromatic nitrogens is 2. The minimum absolute atomic E-state index is 0.428. The molecule has 3 rings (SSSR count). The Balaban J connectivity index is 1.96. The topological polar surface area (TPSA) is 37.8 Å². The third kappa shape index (κ3) is 3.12. The molecule has 1 saturated heterocycles. The van der Waals surface area contributed by atoms with Crippen LogP contribution in [0.3, 0.4) is 0 Å². The highest BCUT2D eigenvalue weighted by atomic mass is 79.9. The summed E-state index contributed by atoms with van der Waals surface area (Å²) in [5, 5.41) is 4.40. The lowest BCUT2D eigenvalue weighted by molar-refractivity contribution is 0.798. The fraction of sp³-hybridized carbons (Fsp3) is 0.714. The van der Waals surface area contributed by atoms with Gasteiger partial charge in [0.25, 0.3) is 0 Å². The molecule has 3 nitrogen and oxygen atoms in total. The van der Waals surface area contributed by atoms with Crippen LogP contribution in [-0.2, 0) is 0 Å². The zero-order valence-electron chi connectivity index (χ0n) is 11.9. The number of hydrogen-bond donors (Lipinski definition) is 1. The lowest BCUT2D eigenvalue weighted by Crippen LogP contribution is -2.19. The predicted molar refractivity (Wildman–Crippen MR) is 93.0 cm³/mol. The summed E-state index contributed by atoms with van der Waals surface area (Å²) < 4.78 is 1.08. The van der Waals surface area contributed by atoms with Gasteiger partial charge in [0.15, 0.2) is 0 Å². The van der Waals surface area contributed by atoms with Crippen LogP contribution in [-0.4, -0.2) is 33.3 Å². The standard InChI is InChI=1S/C14H20BrN3S2/c1-3-16-13-10(15)11(9-4-5-9)17-14(18-13)12-8(2)19-6-7-20-12/h8-9,12H,3-7H2,1-2H3,(H,16,17,18). The third-order valence-electron chi connectivity index (χ3n) is 3.64. The van der Waals surface area contributed by atoms with E-state index in [1.165, 1.54) is 30.0 Å². The second kappa shape index (κ2) is 6.44. The molecular formula is C14H20BrN3S2. The molecule has 1 aromatic rings. The highest BCUT2D eigenvalue weighted by Crippen LogP contribution is 2.46. The molecular weight excluding hydrogens is 354 g/mol. The summed E-state index contributed by atoms with van der Waals surface area (Å²) in [6.07, 6.45) is 2.53. The van der Waals surface area contributed by atoms with Gasteiger partial charge < -0.3 is 5.32 Å². The number of thioether (sulfide) groups is 2. The van der Waals surface area contributed by atoms with Gasteiger partial charge in [-0.05, 0) is 35.7 Å². The fourth-order valence-electron chi connectivity index (χ4n) is 2.44. The predicted octanol–water partition coefficient (Wildman–Crippen LogP) is 4.46. The van der Waals surface area contributed by atoms with Crippen LogP contribution in [0.1, 0.15) is 49.4 Å². The smallest absolute Gasteiger partial charge is 0.145 e. The van der Waals surface area contributed by atoms with Gasteiger partial charge in [-0.3, -0.25) is 0 Å². The van der Waals surface area contributed by atoms with Crippen molar-refractivity contribution in [2.24, 2.45) is 0 Å². The van der Waals surface area contributed by atoms with Gasteiger partial charge in [-0.1, -0.05) is 6.92 Å². The molecule has 0 spiro atoms. The molecule has 2 aliphatic rings. The van der Waals surface area contributed by atoms with Gasteiger partial charge in [0.2, 0.25) is 0 Å². The summed E-state index contributed by atoms with van der Waals surface area (Å²) >= 11 is 7.75. The molecule has 0 amide bonds. The second-order valence-corrected chi connectivity index (χ2v) is 8.83. The zero-order chi connectivity index (χ0) is 14.1. The number of nitrogens with one attached hydrogen (secondary N) is 1. The van der Waals surface area contributed by atoms with Crippen molar-refractivity contribution >= 4 is 45.3 Å².